The highest BCUT2D eigenvalue weighted by Gasteiger charge is 2.38. The fourth-order valence-electron chi connectivity index (χ4n) is 2.41. The SMILES string of the molecule is CCCCSc1nc2c(CO)cccc2n2c(C(F)(F)F)nnc12. The van der Waals surface area contributed by atoms with Crippen LogP contribution in [0.15, 0.2) is 23.2 Å². The predicted octanol–water partition coefficient (Wildman–Crippen LogP) is 3.68. The zero-order valence-electron chi connectivity index (χ0n) is 12.8. The molecule has 0 bridgehead atoms. The van der Waals surface area contributed by atoms with Gasteiger partial charge in [-0.3, -0.25) is 4.40 Å². The van der Waals surface area contributed by atoms with Gasteiger partial charge in [0, 0.05) is 5.56 Å². The Morgan fingerprint density at radius 1 is 1.25 bits per heavy atom. The highest BCUT2D eigenvalue weighted by molar-refractivity contribution is 7.99. The van der Waals surface area contributed by atoms with Crippen LogP contribution < -0.4 is 0 Å². The summed E-state index contributed by atoms with van der Waals surface area (Å²) in [7, 11) is 0. The molecule has 2 heterocycles. The molecule has 9 heteroatoms. The maximum absolute atomic E-state index is 13.3. The number of nitrogens with zero attached hydrogens (tertiary/aromatic N) is 4. The van der Waals surface area contributed by atoms with Gasteiger partial charge in [0.1, 0.15) is 5.03 Å². The molecule has 3 aromatic rings. The third kappa shape index (κ3) is 2.93. The van der Waals surface area contributed by atoms with Gasteiger partial charge in [-0.2, -0.15) is 13.2 Å². The average Bonchev–Trinajstić information content (AvgIpc) is 3.00. The molecule has 0 amide bonds. The summed E-state index contributed by atoms with van der Waals surface area (Å²) in [6, 6.07) is 4.74. The summed E-state index contributed by atoms with van der Waals surface area (Å²) in [5.41, 5.74) is 1.12. The molecule has 0 saturated carbocycles. The van der Waals surface area contributed by atoms with Crippen LogP contribution in [0.4, 0.5) is 13.2 Å². The van der Waals surface area contributed by atoms with Crippen molar-refractivity contribution in [1.29, 1.82) is 0 Å². The van der Waals surface area contributed by atoms with Crippen LogP contribution >= 0.6 is 11.8 Å². The number of aromatic nitrogens is 4. The molecule has 0 atom stereocenters. The fourth-order valence-corrected chi connectivity index (χ4v) is 3.45. The van der Waals surface area contributed by atoms with Crippen molar-refractivity contribution in [1.82, 2.24) is 19.6 Å². The number of rotatable bonds is 5. The smallest absolute Gasteiger partial charge is 0.392 e. The Morgan fingerprint density at radius 3 is 2.71 bits per heavy atom. The monoisotopic (exact) mass is 356 g/mol. The molecule has 5 nitrogen and oxygen atoms in total. The summed E-state index contributed by atoms with van der Waals surface area (Å²) >= 11 is 1.35. The lowest BCUT2D eigenvalue weighted by Crippen LogP contribution is -2.12. The summed E-state index contributed by atoms with van der Waals surface area (Å²) in [5, 5.41) is 16.9. The van der Waals surface area contributed by atoms with E-state index in [1.54, 1.807) is 12.1 Å². The number of aliphatic hydroxyl groups is 1. The number of benzene rings is 1. The standard InChI is InChI=1S/C15H15F3N4OS/c1-2-3-7-24-13-12-20-21-14(15(16,17)18)22(12)10-6-4-5-9(8-23)11(10)19-13/h4-6,23H,2-3,7-8H2,1H3. The molecule has 1 aromatic carbocycles. The second kappa shape index (κ2) is 6.56. The van der Waals surface area contributed by atoms with Crippen molar-refractivity contribution in [2.24, 2.45) is 0 Å². The molecule has 0 radical (unpaired) electrons. The van der Waals surface area contributed by atoms with Gasteiger partial charge in [0.25, 0.3) is 0 Å². The van der Waals surface area contributed by atoms with Gasteiger partial charge in [-0.25, -0.2) is 4.98 Å². The quantitative estimate of drug-likeness (QED) is 0.558. The third-order valence-electron chi connectivity index (χ3n) is 3.57. The van der Waals surface area contributed by atoms with E-state index in [2.05, 4.69) is 15.2 Å². The van der Waals surface area contributed by atoms with Crippen molar-refractivity contribution in [3.63, 3.8) is 0 Å². The Balaban J connectivity index is 2.32. The second-order valence-electron chi connectivity index (χ2n) is 5.24. The first-order valence-electron chi connectivity index (χ1n) is 7.45. The zero-order chi connectivity index (χ0) is 17.3. The van der Waals surface area contributed by atoms with Gasteiger partial charge in [0.15, 0.2) is 5.65 Å². The van der Waals surface area contributed by atoms with E-state index in [-0.39, 0.29) is 17.8 Å². The van der Waals surface area contributed by atoms with E-state index in [1.165, 1.54) is 17.8 Å². The summed E-state index contributed by atoms with van der Waals surface area (Å²) in [4.78, 5) is 4.45. The van der Waals surface area contributed by atoms with Crippen LogP contribution in [0, 0.1) is 0 Å². The van der Waals surface area contributed by atoms with Crippen LogP contribution in [-0.2, 0) is 12.8 Å². The molecule has 3 rings (SSSR count). The molecule has 0 fully saturated rings. The molecule has 0 spiro atoms. The van der Waals surface area contributed by atoms with Crippen LogP contribution in [0.5, 0.6) is 0 Å². The summed E-state index contributed by atoms with van der Waals surface area (Å²) in [5.74, 6) is -0.363. The minimum atomic E-state index is -4.63. The van der Waals surface area contributed by atoms with Crippen LogP contribution in [0.25, 0.3) is 16.7 Å². The summed E-state index contributed by atoms with van der Waals surface area (Å²) < 4.78 is 40.9. The Kier molecular flexibility index (Phi) is 4.64. The molecule has 0 unspecified atom stereocenters. The van der Waals surface area contributed by atoms with Gasteiger partial charge in [0.2, 0.25) is 5.82 Å². The van der Waals surface area contributed by atoms with Gasteiger partial charge in [0.05, 0.1) is 17.6 Å². The van der Waals surface area contributed by atoms with Crippen molar-refractivity contribution >= 4 is 28.4 Å². The molecule has 24 heavy (non-hydrogen) atoms. The first-order chi connectivity index (χ1) is 11.5. The molecule has 0 aliphatic heterocycles. The average molecular weight is 356 g/mol. The summed E-state index contributed by atoms with van der Waals surface area (Å²) in [6.07, 6.45) is -2.74. The first kappa shape index (κ1) is 17.0. The lowest BCUT2D eigenvalue weighted by Gasteiger charge is -2.11. The number of hydrogen-bond acceptors (Lipinski definition) is 5. The summed E-state index contributed by atoms with van der Waals surface area (Å²) in [6.45, 7) is 1.73. The van der Waals surface area contributed by atoms with E-state index in [1.807, 2.05) is 6.92 Å². The third-order valence-corrected chi connectivity index (χ3v) is 4.61. The van der Waals surface area contributed by atoms with Crippen LogP contribution in [-0.4, -0.2) is 30.4 Å². The minimum Gasteiger partial charge on any atom is -0.392 e. The van der Waals surface area contributed by atoms with Crippen LogP contribution in [0.2, 0.25) is 0 Å². The number of hydrogen-bond donors (Lipinski definition) is 1. The van der Waals surface area contributed by atoms with Crippen molar-refractivity contribution < 1.29 is 18.3 Å². The molecular formula is C15H15F3N4OS. The normalized spacial score (nSPS) is 12.4. The minimum absolute atomic E-state index is 0.0889. The fraction of sp³-hybridized carbons (Fsp3) is 0.400. The van der Waals surface area contributed by atoms with Crippen molar-refractivity contribution in [2.45, 2.75) is 37.6 Å². The predicted molar refractivity (Wildman–Crippen MR) is 84.8 cm³/mol. The highest BCUT2D eigenvalue weighted by atomic mass is 32.2. The number of alkyl halides is 3. The topological polar surface area (TPSA) is 63.3 Å². The Hall–Kier alpha value is -1.87. The van der Waals surface area contributed by atoms with Gasteiger partial charge in [-0.1, -0.05) is 25.5 Å². The van der Waals surface area contributed by atoms with Crippen molar-refractivity contribution in [2.75, 3.05) is 5.75 Å². The van der Waals surface area contributed by atoms with E-state index in [0.29, 0.717) is 16.1 Å². The van der Waals surface area contributed by atoms with E-state index < -0.39 is 12.0 Å². The number of fused-ring (bicyclic) bond motifs is 3. The lowest BCUT2D eigenvalue weighted by atomic mass is 10.2. The van der Waals surface area contributed by atoms with Crippen molar-refractivity contribution in [3.05, 3.63) is 29.6 Å². The number of thioether (sulfide) groups is 1. The largest absolute Gasteiger partial charge is 0.452 e. The molecule has 128 valence electrons. The molecule has 0 saturated heterocycles. The Bertz CT molecular complexity index is 878. The molecule has 0 aliphatic carbocycles. The number of para-hydroxylation sites is 1. The molecule has 0 aliphatic rings. The van der Waals surface area contributed by atoms with E-state index in [9.17, 15) is 18.3 Å². The maximum atomic E-state index is 13.3. The lowest BCUT2D eigenvalue weighted by molar-refractivity contribution is -0.145. The van der Waals surface area contributed by atoms with Gasteiger partial charge >= 0.3 is 6.18 Å². The molecule has 1 N–H and O–H groups in total. The second-order valence-corrected chi connectivity index (χ2v) is 6.33. The van der Waals surface area contributed by atoms with E-state index in [4.69, 9.17) is 0 Å². The zero-order valence-corrected chi connectivity index (χ0v) is 13.7. The van der Waals surface area contributed by atoms with Gasteiger partial charge < -0.3 is 5.11 Å². The highest BCUT2D eigenvalue weighted by Crippen LogP contribution is 2.33. The molecular weight excluding hydrogens is 341 g/mol. The van der Waals surface area contributed by atoms with Gasteiger partial charge in [-0.15, -0.1) is 22.0 Å². The van der Waals surface area contributed by atoms with Crippen molar-refractivity contribution in [3.8, 4) is 0 Å². The maximum Gasteiger partial charge on any atom is 0.452 e. The van der Waals surface area contributed by atoms with Gasteiger partial charge in [-0.05, 0) is 18.2 Å². The first-order valence-corrected chi connectivity index (χ1v) is 8.43. The number of halogens is 3. The Labute approximate surface area is 139 Å². The van der Waals surface area contributed by atoms with Crippen LogP contribution in [0.3, 0.4) is 0 Å². The van der Waals surface area contributed by atoms with E-state index >= 15 is 0 Å². The van der Waals surface area contributed by atoms with E-state index in [0.717, 1.165) is 23.0 Å². The van der Waals surface area contributed by atoms with Crippen LogP contribution in [0.1, 0.15) is 31.2 Å². The number of aliphatic hydroxyl groups excluding tert-OH is 1. The Morgan fingerprint density at radius 2 is 2.04 bits per heavy atom. The molecule has 2 aromatic heterocycles. The number of unbranched alkanes of at least 4 members (excludes halogenated alkanes) is 1.